The van der Waals surface area contributed by atoms with Crippen molar-refractivity contribution in [2.24, 2.45) is 0 Å². The van der Waals surface area contributed by atoms with Crippen LogP contribution in [0.15, 0.2) is 24.3 Å². The Bertz CT molecular complexity index is 297. The first-order chi connectivity index (χ1) is 6.25. The minimum absolute atomic E-state index is 0.337. The molecule has 0 N–H and O–H groups in total. The minimum Gasteiger partial charge on any atom is -0.489 e. The van der Waals surface area contributed by atoms with Gasteiger partial charge >= 0.3 is 0 Å². The molecular weight excluding hydrogens is 251 g/mol. The van der Waals surface area contributed by atoms with Gasteiger partial charge < -0.3 is 4.74 Å². The van der Waals surface area contributed by atoms with Crippen LogP contribution in [0.2, 0.25) is 5.02 Å². The van der Waals surface area contributed by atoms with Crippen molar-refractivity contribution < 1.29 is 4.74 Å². The molecule has 1 nitrogen and oxygen atoms in total. The van der Waals surface area contributed by atoms with Crippen LogP contribution < -0.4 is 4.74 Å². The van der Waals surface area contributed by atoms with Crippen LogP contribution in [0.5, 0.6) is 5.75 Å². The van der Waals surface area contributed by atoms with E-state index < -0.39 is 0 Å². The third-order valence-electron chi connectivity index (χ3n) is 2.17. The lowest BCUT2D eigenvalue weighted by atomic mass is 9.96. The third kappa shape index (κ3) is 2.18. The SMILES string of the molecule is Clc1ccccc1OC1CC(Br)C1. The standard InChI is InChI=1S/C10H10BrClO/c11-7-5-8(6-7)13-10-4-2-1-3-9(10)12/h1-4,7-8H,5-6H2. The average Bonchev–Trinajstić information content (AvgIpc) is 2.06. The van der Waals surface area contributed by atoms with Crippen LogP contribution in [0, 0.1) is 0 Å². The van der Waals surface area contributed by atoms with E-state index in [0.717, 1.165) is 18.6 Å². The van der Waals surface area contributed by atoms with Crippen molar-refractivity contribution in [2.75, 3.05) is 0 Å². The van der Waals surface area contributed by atoms with Gasteiger partial charge in [0.15, 0.2) is 0 Å². The second-order valence-corrected chi connectivity index (χ2v) is 4.94. The van der Waals surface area contributed by atoms with Crippen LogP contribution in [0.4, 0.5) is 0 Å². The summed E-state index contributed by atoms with van der Waals surface area (Å²) in [7, 11) is 0. The monoisotopic (exact) mass is 260 g/mol. The van der Waals surface area contributed by atoms with Gasteiger partial charge in [0.25, 0.3) is 0 Å². The molecule has 0 heterocycles. The van der Waals surface area contributed by atoms with Crippen LogP contribution in [0.3, 0.4) is 0 Å². The molecule has 0 saturated heterocycles. The molecule has 0 spiro atoms. The Morgan fingerprint density at radius 2 is 2.00 bits per heavy atom. The first-order valence-electron chi connectivity index (χ1n) is 4.31. The molecular formula is C10H10BrClO. The number of halogens is 2. The second kappa shape index (κ2) is 3.89. The van der Waals surface area contributed by atoms with E-state index in [0.29, 0.717) is 16.0 Å². The van der Waals surface area contributed by atoms with Crippen LogP contribution in [-0.4, -0.2) is 10.9 Å². The lowest BCUT2D eigenvalue weighted by Crippen LogP contribution is -2.34. The van der Waals surface area contributed by atoms with E-state index in [1.807, 2.05) is 24.3 Å². The fourth-order valence-electron chi connectivity index (χ4n) is 1.32. The molecule has 0 radical (unpaired) electrons. The van der Waals surface area contributed by atoms with Gasteiger partial charge in [-0.05, 0) is 25.0 Å². The normalized spacial score (nSPS) is 26.6. The van der Waals surface area contributed by atoms with Crippen molar-refractivity contribution in [3.8, 4) is 5.75 Å². The number of ether oxygens (including phenoxy) is 1. The van der Waals surface area contributed by atoms with E-state index in [4.69, 9.17) is 16.3 Å². The Kier molecular flexibility index (Phi) is 2.80. The number of alkyl halides is 1. The molecule has 0 bridgehead atoms. The summed E-state index contributed by atoms with van der Waals surface area (Å²) < 4.78 is 5.69. The first kappa shape index (κ1) is 9.35. The van der Waals surface area contributed by atoms with Gasteiger partial charge in [-0.2, -0.15) is 0 Å². The Labute approximate surface area is 91.2 Å². The van der Waals surface area contributed by atoms with E-state index in [1.165, 1.54) is 0 Å². The number of benzene rings is 1. The maximum absolute atomic E-state index is 5.95. The van der Waals surface area contributed by atoms with Crippen molar-refractivity contribution in [1.29, 1.82) is 0 Å². The molecule has 0 unspecified atom stereocenters. The highest BCUT2D eigenvalue weighted by Crippen LogP contribution is 2.33. The minimum atomic E-state index is 0.337. The molecule has 1 aliphatic carbocycles. The maximum Gasteiger partial charge on any atom is 0.138 e. The smallest absolute Gasteiger partial charge is 0.138 e. The summed E-state index contributed by atoms with van der Waals surface area (Å²) in [5, 5.41) is 0.695. The van der Waals surface area contributed by atoms with E-state index in [-0.39, 0.29) is 0 Å². The number of rotatable bonds is 2. The summed E-state index contributed by atoms with van der Waals surface area (Å²) in [6, 6.07) is 7.60. The van der Waals surface area contributed by atoms with Gasteiger partial charge in [-0.15, -0.1) is 0 Å². The van der Waals surface area contributed by atoms with Gasteiger partial charge in [0, 0.05) is 4.83 Å². The summed E-state index contributed by atoms with van der Waals surface area (Å²) in [6.07, 6.45) is 2.49. The largest absolute Gasteiger partial charge is 0.489 e. The molecule has 70 valence electrons. The van der Waals surface area contributed by atoms with Gasteiger partial charge in [-0.1, -0.05) is 39.7 Å². The predicted molar refractivity (Wildman–Crippen MR) is 57.8 cm³/mol. The van der Waals surface area contributed by atoms with E-state index >= 15 is 0 Å². The van der Waals surface area contributed by atoms with Crippen LogP contribution in [-0.2, 0) is 0 Å². The summed E-state index contributed by atoms with van der Waals surface area (Å²) in [4.78, 5) is 0.625. The number of hydrogen-bond acceptors (Lipinski definition) is 1. The van der Waals surface area contributed by atoms with Crippen molar-refractivity contribution in [3.63, 3.8) is 0 Å². The zero-order valence-corrected chi connectivity index (χ0v) is 9.38. The van der Waals surface area contributed by atoms with Gasteiger partial charge in [-0.25, -0.2) is 0 Å². The molecule has 0 aliphatic heterocycles. The lowest BCUT2D eigenvalue weighted by Gasteiger charge is -2.31. The molecule has 1 aromatic rings. The average molecular weight is 262 g/mol. The highest BCUT2D eigenvalue weighted by molar-refractivity contribution is 9.09. The van der Waals surface area contributed by atoms with Gasteiger partial charge in [-0.3, -0.25) is 0 Å². The van der Waals surface area contributed by atoms with Crippen LogP contribution in [0.25, 0.3) is 0 Å². The first-order valence-corrected chi connectivity index (χ1v) is 5.60. The number of hydrogen-bond donors (Lipinski definition) is 0. The molecule has 1 aromatic carbocycles. The molecule has 1 fully saturated rings. The van der Waals surface area contributed by atoms with E-state index in [2.05, 4.69) is 15.9 Å². The van der Waals surface area contributed by atoms with Crippen molar-refractivity contribution >= 4 is 27.5 Å². The Hall–Kier alpha value is -0.210. The van der Waals surface area contributed by atoms with Gasteiger partial charge in [0.05, 0.1) is 5.02 Å². The van der Waals surface area contributed by atoms with Gasteiger partial charge in [0.1, 0.15) is 11.9 Å². The van der Waals surface area contributed by atoms with Crippen LogP contribution >= 0.6 is 27.5 Å². The molecule has 0 aromatic heterocycles. The zero-order valence-electron chi connectivity index (χ0n) is 7.04. The Morgan fingerprint density at radius 1 is 1.31 bits per heavy atom. The van der Waals surface area contributed by atoms with Crippen molar-refractivity contribution in [2.45, 2.75) is 23.8 Å². The quantitative estimate of drug-likeness (QED) is 0.739. The fraction of sp³-hybridized carbons (Fsp3) is 0.400. The molecule has 3 heteroatoms. The van der Waals surface area contributed by atoms with Gasteiger partial charge in [0.2, 0.25) is 0 Å². The molecule has 1 aliphatic rings. The van der Waals surface area contributed by atoms with Crippen LogP contribution in [0.1, 0.15) is 12.8 Å². The Morgan fingerprint density at radius 3 is 2.62 bits per heavy atom. The van der Waals surface area contributed by atoms with Crippen molar-refractivity contribution in [3.05, 3.63) is 29.3 Å². The summed E-state index contributed by atoms with van der Waals surface area (Å²) in [5.74, 6) is 0.800. The maximum atomic E-state index is 5.95. The Balaban J connectivity index is 1.98. The topological polar surface area (TPSA) is 9.23 Å². The summed E-state index contributed by atoms with van der Waals surface area (Å²) in [5.41, 5.74) is 0. The molecule has 0 amide bonds. The predicted octanol–water partition coefficient (Wildman–Crippen LogP) is 3.64. The highest BCUT2D eigenvalue weighted by atomic mass is 79.9. The third-order valence-corrected chi connectivity index (χ3v) is 3.23. The van der Waals surface area contributed by atoms with E-state index in [1.54, 1.807) is 0 Å². The lowest BCUT2D eigenvalue weighted by molar-refractivity contribution is 0.128. The molecule has 13 heavy (non-hydrogen) atoms. The number of para-hydroxylation sites is 1. The fourth-order valence-corrected chi connectivity index (χ4v) is 2.33. The summed E-state index contributed by atoms with van der Waals surface area (Å²) in [6.45, 7) is 0. The molecule has 0 atom stereocenters. The van der Waals surface area contributed by atoms with Crippen molar-refractivity contribution in [1.82, 2.24) is 0 Å². The summed E-state index contributed by atoms with van der Waals surface area (Å²) >= 11 is 9.47. The van der Waals surface area contributed by atoms with E-state index in [9.17, 15) is 0 Å². The molecule has 1 saturated carbocycles. The molecule has 2 rings (SSSR count). The zero-order chi connectivity index (χ0) is 9.26. The highest BCUT2D eigenvalue weighted by Gasteiger charge is 2.28. The second-order valence-electron chi connectivity index (χ2n) is 3.24.